The van der Waals surface area contributed by atoms with Gasteiger partial charge in [0.2, 0.25) is 5.91 Å². The molecule has 174 valence electrons. The topological polar surface area (TPSA) is 73.0 Å². The van der Waals surface area contributed by atoms with Crippen molar-refractivity contribution in [3.8, 4) is 0 Å². The molecule has 7 nitrogen and oxygen atoms in total. The molecule has 4 rings (SSSR count). The Balaban J connectivity index is 1.48. The van der Waals surface area contributed by atoms with E-state index in [9.17, 15) is 14.4 Å². The Morgan fingerprint density at radius 1 is 1.06 bits per heavy atom. The molecule has 2 aliphatic heterocycles. The van der Waals surface area contributed by atoms with Crippen LogP contribution in [-0.2, 0) is 11.3 Å². The van der Waals surface area contributed by atoms with Gasteiger partial charge in [-0.15, -0.1) is 0 Å². The Morgan fingerprint density at radius 3 is 2.52 bits per heavy atom. The van der Waals surface area contributed by atoms with E-state index in [-0.39, 0.29) is 17.7 Å². The molecule has 2 heterocycles. The molecule has 2 aliphatic rings. The van der Waals surface area contributed by atoms with Gasteiger partial charge in [-0.3, -0.25) is 14.4 Å². The van der Waals surface area contributed by atoms with Crippen LogP contribution in [0.1, 0.15) is 53.0 Å². The SMILES string of the molecule is CCN(CC)CCNC(=O)c1ccc(CN2C(=O)[C@H]3CCCN3C(=O)c3ccccc32)cc1. The summed E-state index contributed by atoms with van der Waals surface area (Å²) >= 11 is 0. The lowest BCUT2D eigenvalue weighted by molar-refractivity contribution is -0.122. The van der Waals surface area contributed by atoms with Crippen molar-refractivity contribution in [3.63, 3.8) is 0 Å². The van der Waals surface area contributed by atoms with E-state index in [0.717, 1.165) is 31.6 Å². The zero-order valence-electron chi connectivity index (χ0n) is 19.4. The number of amides is 3. The number of rotatable bonds is 8. The predicted molar refractivity (Wildman–Crippen MR) is 128 cm³/mol. The minimum Gasteiger partial charge on any atom is -0.351 e. The molecule has 0 spiro atoms. The first-order valence-electron chi connectivity index (χ1n) is 11.8. The zero-order valence-corrected chi connectivity index (χ0v) is 19.4. The quantitative estimate of drug-likeness (QED) is 0.674. The maximum atomic E-state index is 13.4. The van der Waals surface area contributed by atoms with Crippen molar-refractivity contribution in [1.29, 1.82) is 0 Å². The van der Waals surface area contributed by atoms with E-state index in [2.05, 4.69) is 24.1 Å². The first-order chi connectivity index (χ1) is 16.0. The van der Waals surface area contributed by atoms with E-state index in [0.29, 0.717) is 42.9 Å². The molecule has 2 aromatic carbocycles. The standard InChI is InChI=1S/C26H32N4O3/c1-3-28(4-2)17-15-27-24(31)20-13-11-19(12-14-20)18-30-22-9-6-5-8-21(22)25(32)29-16-7-10-23(29)26(30)33/h5-6,8-9,11-14,23H,3-4,7,10,15-18H2,1-2H3,(H,27,31)/t23-/m1/s1. The van der Waals surface area contributed by atoms with Gasteiger partial charge in [-0.25, -0.2) is 0 Å². The van der Waals surface area contributed by atoms with Gasteiger partial charge in [0.1, 0.15) is 6.04 Å². The third-order valence-corrected chi connectivity index (χ3v) is 6.65. The number of likely N-dealkylation sites (N-methyl/N-ethyl adjacent to an activating group) is 1. The minimum atomic E-state index is -0.402. The second-order valence-corrected chi connectivity index (χ2v) is 8.58. The molecule has 0 saturated carbocycles. The van der Waals surface area contributed by atoms with Crippen LogP contribution in [0, 0.1) is 0 Å². The molecule has 33 heavy (non-hydrogen) atoms. The number of benzene rings is 2. The van der Waals surface area contributed by atoms with E-state index < -0.39 is 6.04 Å². The number of nitrogens with one attached hydrogen (secondary N) is 1. The van der Waals surface area contributed by atoms with Crippen molar-refractivity contribution in [1.82, 2.24) is 15.1 Å². The number of para-hydroxylation sites is 1. The van der Waals surface area contributed by atoms with Gasteiger partial charge in [0, 0.05) is 25.2 Å². The Kier molecular flexibility index (Phi) is 7.08. The van der Waals surface area contributed by atoms with Crippen LogP contribution in [0.15, 0.2) is 48.5 Å². The monoisotopic (exact) mass is 448 g/mol. The lowest BCUT2D eigenvalue weighted by Gasteiger charge is -2.26. The maximum absolute atomic E-state index is 13.4. The zero-order chi connectivity index (χ0) is 23.4. The summed E-state index contributed by atoms with van der Waals surface area (Å²) in [5.41, 5.74) is 2.73. The summed E-state index contributed by atoms with van der Waals surface area (Å²) in [7, 11) is 0. The highest BCUT2D eigenvalue weighted by Crippen LogP contribution is 2.33. The Morgan fingerprint density at radius 2 is 1.79 bits per heavy atom. The van der Waals surface area contributed by atoms with Gasteiger partial charge in [0.15, 0.2) is 0 Å². The second-order valence-electron chi connectivity index (χ2n) is 8.58. The largest absolute Gasteiger partial charge is 0.351 e. The highest BCUT2D eigenvalue weighted by Gasteiger charge is 2.41. The highest BCUT2D eigenvalue weighted by molar-refractivity contribution is 6.11. The smallest absolute Gasteiger partial charge is 0.256 e. The molecule has 3 amide bonds. The van der Waals surface area contributed by atoms with Crippen LogP contribution in [0.4, 0.5) is 5.69 Å². The molecule has 0 radical (unpaired) electrons. The average Bonchev–Trinajstić information content (AvgIpc) is 3.32. The van der Waals surface area contributed by atoms with E-state index in [1.807, 2.05) is 30.3 Å². The minimum absolute atomic E-state index is 0.0379. The van der Waals surface area contributed by atoms with E-state index >= 15 is 0 Å². The summed E-state index contributed by atoms with van der Waals surface area (Å²) < 4.78 is 0. The Bertz CT molecular complexity index is 1020. The van der Waals surface area contributed by atoms with Crippen molar-refractivity contribution in [2.45, 2.75) is 39.3 Å². The van der Waals surface area contributed by atoms with Crippen molar-refractivity contribution in [2.75, 3.05) is 37.6 Å². The molecule has 0 unspecified atom stereocenters. The lowest BCUT2D eigenvalue weighted by Crippen LogP contribution is -2.44. The van der Waals surface area contributed by atoms with Crippen LogP contribution < -0.4 is 10.2 Å². The fourth-order valence-electron chi connectivity index (χ4n) is 4.69. The first-order valence-corrected chi connectivity index (χ1v) is 11.8. The van der Waals surface area contributed by atoms with E-state index in [1.54, 1.807) is 28.0 Å². The Labute approximate surface area is 195 Å². The number of carbonyl (C=O) groups is 3. The molecule has 7 heteroatoms. The van der Waals surface area contributed by atoms with Gasteiger partial charge in [-0.05, 0) is 55.8 Å². The molecular weight excluding hydrogens is 416 g/mol. The third-order valence-electron chi connectivity index (χ3n) is 6.65. The summed E-state index contributed by atoms with van der Waals surface area (Å²) in [6.07, 6.45) is 1.54. The lowest BCUT2D eigenvalue weighted by atomic mass is 10.1. The van der Waals surface area contributed by atoms with Gasteiger partial charge in [-0.1, -0.05) is 38.1 Å². The number of nitrogens with zero attached hydrogens (tertiary/aromatic N) is 3. The molecule has 0 aromatic heterocycles. The molecule has 2 aromatic rings. The van der Waals surface area contributed by atoms with Crippen molar-refractivity contribution >= 4 is 23.4 Å². The number of anilines is 1. The number of fused-ring (bicyclic) bond motifs is 2. The maximum Gasteiger partial charge on any atom is 0.256 e. The summed E-state index contributed by atoms with van der Waals surface area (Å²) in [4.78, 5) is 44.6. The normalized spacial score (nSPS) is 17.7. The molecule has 1 atom stereocenters. The van der Waals surface area contributed by atoms with E-state index in [1.165, 1.54) is 0 Å². The van der Waals surface area contributed by atoms with Crippen LogP contribution in [0.25, 0.3) is 0 Å². The van der Waals surface area contributed by atoms with Gasteiger partial charge in [0.25, 0.3) is 11.8 Å². The van der Waals surface area contributed by atoms with Crippen LogP contribution >= 0.6 is 0 Å². The second kappa shape index (κ2) is 10.2. The fourth-order valence-corrected chi connectivity index (χ4v) is 4.69. The van der Waals surface area contributed by atoms with Gasteiger partial charge >= 0.3 is 0 Å². The average molecular weight is 449 g/mol. The van der Waals surface area contributed by atoms with Gasteiger partial charge in [0.05, 0.1) is 17.8 Å². The molecule has 1 N–H and O–H groups in total. The molecule has 1 saturated heterocycles. The summed E-state index contributed by atoms with van der Waals surface area (Å²) in [6, 6.07) is 14.3. The molecular formula is C26H32N4O3. The predicted octanol–water partition coefficient (Wildman–Crippen LogP) is 2.91. The number of hydrogen-bond acceptors (Lipinski definition) is 4. The molecule has 0 bridgehead atoms. The van der Waals surface area contributed by atoms with E-state index in [4.69, 9.17) is 0 Å². The number of hydrogen-bond donors (Lipinski definition) is 1. The Hall–Kier alpha value is -3.19. The highest BCUT2D eigenvalue weighted by atomic mass is 16.2. The van der Waals surface area contributed by atoms with Crippen molar-refractivity contribution < 1.29 is 14.4 Å². The molecule has 0 aliphatic carbocycles. The fraction of sp³-hybridized carbons (Fsp3) is 0.423. The third kappa shape index (κ3) is 4.78. The van der Waals surface area contributed by atoms with Crippen LogP contribution in [0.2, 0.25) is 0 Å². The van der Waals surface area contributed by atoms with Gasteiger partial charge < -0.3 is 20.0 Å². The summed E-state index contributed by atoms with van der Waals surface area (Å²) in [5.74, 6) is -0.207. The van der Waals surface area contributed by atoms with Crippen LogP contribution in [0.5, 0.6) is 0 Å². The summed E-state index contributed by atoms with van der Waals surface area (Å²) in [6.45, 7) is 8.55. The molecule has 1 fully saturated rings. The van der Waals surface area contributed by atoms with Crippen LogP contribution in [-0.4, -0.2) is 66.3 Å². The van der Waals surface area contributed by atoms with Crippen LogP contribution in [0.3, 0.4) is 0 Å². The van der Waals surface area contributed by atoms with Crippen molar-refractivity contribution in [2.24, 2.45) is 0 Å². The first kappa shape index (κ1) is 23.0. The number of carbonyl (C=O) groups excluding carboxylic acids is 3. The van der Waals surface area contributed by atoms with Gasteiger partial charge in [-0.2, -0.15) is 0 Å². The summed E-state index contributed by atoms with van der Waals surface area (Å²) in [5, 5.41) is 2.97. The van der Waals surface area contributed by atoms with Crippen molar-refractivity contribution in [3.05, 3.63) is 65.2 Å².